The number of halogens is 2. The number of nitrogens with one attached hydrogen (secondary N) is 2. The van der Waals surface area contributed by atoms with Crippen LogP contribution in [0.3, 0.4) is 0 Å². The van der Waals surface area contributed by atoms with Crippen molar-refractivity contribution in [2.24, 2.45) is 0 Å². The van der Waals surface area contributed by atoms with Crippen molar-refractivity contribution >= 4 is 52.5 Å². The Morgan fingerprint density at radius 1 is 1.05 bits per heavy atom. The van der Waals surface area contributed by atoms with E-state index in [2.05, 4.69) is 22.5 Å². The molecule has 2 heterocycles. The van der Waals surface area contributed by atoms with E-state index in [0.29, 0.717) is 43.9 Å². The lowest BCUT2D eigenvalue weighted by molar-refractivity contribution is -0.113. The van der Waals surface area contributed by atoms with Gasteiger partial charge in [0.15, 0.2) is 0 Å². The molecule has 1 atom stereocenters. The molecule has 39 heavy (non-hydrogen) atoms. The average molecular weight is 581 g/mol. The Morgan fingerprint density at radius 2 is 1.77 bits per heavy atom. The summed E-state index contributed by atoms with van der Waals surface area (Å²) >= 11 is 14.2. The Labute approximate surface area is 241 Å². The Kier molecular flexibility index (Phi) is 8.45. The van der Waals surface area contributed by atoms with Crippen LogP contribution in [0, 0.1) is 0 Å². The zero-order valence-corrected chi connectivity index (χ0v) is 23.8. The first-order valence-corrected chi connectivity index (χ1v) is 14.3. The van der Waals surface area contributed by atoms with Crippen LogP contribution in [0.5, 0.6) is 5.75 Å². The fourth-order valence-electron chi connectivity index (χ4n) is 4.28. The molecule has 1 aromatic heterocycles. The van der Waals surface area contributed by atoms with Crippen molar-refractivity contribution < 1.29 is 9.53 Å². The summed E-state index contributed by atoms with van der Waals surface area (Å²) in [5.74, 6) is 1.94. The number of allylic oxidation sites excluding steroid dienone is 1. The summed E-state index contributed by atoms with van der Waals surface area (Å²) in [6.45, 7) is 4.24. The van der Waals surface area contributed by atoms with E-state index >= 15 is 0 Å². The SMILES string of the molecule is CCCSc1nc2n(n1)C(c1ccc(OCc3c(Cl)cccc3Cl)cc1)C(C(=O)Nc1ccccc1)=C(C)N2. The highest BCUT2D eigenvalue weighted by atomic mass is 35.5. The highest BCUT2D eigenvalue weighted by molar-refractivity contribution is 7.99. The van der Waals surface area contributed by atoms with Gasteiger partial charge in [-0.25, -0.2) is 4.68 Å². The molecule has 2 N–H and O–H groups in total. The standard InChI is InChI=1S/C29H27Cl2N5O2S/c1-3-16-39-29-34-28-32-18(2)25(27(37)33-20-8-5-4-6-9-20)26(36(28)35-29)19-12-14-21(15-13-19)38-17-22-23(30)10-7-11-24(22)31/h4-15,26H,3,16-17H2,1-2H3,(H,33,37)(H,32,34,35). The van der Waals surface area contributed by atoms with Gasteiger partial charge in [-0.1, -0.05) is 78.3 Å². The predicted octanol–water partition coefficient (Wildman–Crippen LogP) is 7.59. The molecule has 4 aromatic rings. The summed E-state index contributed by atoms with van der Waals surface area (Å²) in [6, 6.07) is 21.9. The summed E-state index contributed by atoms with van der Waals surface area (Å²) < 4.78 is 7.76. The highest BCUT2D eigenvalue weighted by Gasteiger charge is 2.34. The van der Waals surface area contributed by atoms with E-state index in [0.717, 1.165) is 23.3 Å². The van der Waals surface area contributed by atoms with Crippen molar-refractivity contribution in [3.8, 4) is 5.75 Å². The van der Waals surface area contributed by atoms with E-state index in [1.807, 2.05) is 61.5 Å². The number of benzene rings is 3. The van der Waals surface area contributed by atoms with Crippen molar-refractivity contribution in [1.29, 1.82) is 0 Å². The van der Waals surface area contributed by atoms with E-state index in [1.54, 1.807) is 34.6 Å². The molecule has 5 rings (SSSR count). The molecule has 1 aliphatic heterocycles. The summed E-state index contributed by atoms with van der Waals surface area (Å²) in [6.07, 6.45) is 1.01. The third-order valence-electron chi connectivity index (χ3n) is 6.19. The average Bonchev–Trinajstić information content (AvgIpc) is 3.34. The van der Waals surface area contributed by atoms with Gasteiger partial charge in [0, 0.05) is 32.7 Å². The number of ether oxygens (including phenoxy) is 1. The monoisotopic (exact) mass is 579 g/mol. The number of aromatic nitrogens is 3. The predicted molar refractivity (Wildman–Crippen MR) is 158 cm³/mol. The number of anilines is 2. The Bertz CT molecular complexity index is 1490. The molecule has 7 nitrogen and oxygen atoms in total. The molecule has 3 aromatic carbocycles. The summed E-state index contributed by atoms with van der Waals surface area (Å²) in [7, 11) is 0. The van der Waals surface area contributed by atoms with Crippen LogP contribution in [0.1, 0.15) is 37.4 Å². The number of para-hydroxylation sites is 1. The maximum Gasteiger partial charge on any atom is 0.255 e. The van der Waals surface area contributed by atoms with Gasteiger partial charge in [-0.3, -0.25) is 4.79 Å². The van der Waals surface area contributed by atoms with E-state index in [4.69, 9.17) is 33.0 Å². The third-order valence-corrected chi connectivity index (χ3v) is 7.94. The van der Waals surface area contributed by atoms with Gasteiger partial charge in [0.1, 0.15) is 18.4 Å². The van der Waals surface area contributed by atoms with Crippen LogP contribution in [-0.2, 0) is 11.4 Å². The molecule has 0 aliphatic carbocycles. The molecule has 0 spiro atoms. The van der Waals surface area contributed by atoms with Crippen molar-refractivity contribution in [1.82, 2.24) is 14.8 Å². The number of nitrogens with zero attached hydrogens (tertiary/aromatic N) is 3. The van der Waals surface area contributed by atoms with Gasteiger partial charge in [-0.05, 0) is 55.3 Å². The van der Waals surface area contributed by atoms with Crippen molar-refractivity contribution in [3.05, 3.63) is 105 Å². The second kappa shape index (κ2) is 12.2. The van der Waals surface area contributed by atoms with Crippen LogP contribution < -0.4 is 15.4 Å². The first-order chi connectivity index (χ1) is 18.9. The van der Waals surface area contributed by atoms with E-state index in [1.165, 1.54) is 0 Å². The number of fused-ring (bicyclic) bond motifs is 1. The van der Waals surface area contributed by atoms with Crippen LogP contribution in [0.2, 0.25) is 10.0 Å². The topological polar surface area (TPSA) is 81.1 Å². The maximum atomic E-state index is 13.6. The number of amides is 1. The molecular weight excluding hydrogens is 553 g/mol. The molecule has 0 saturated heterocycles. The van der Waals surface area contributed by atoms with Gasteiger partial charge in [-0.2, -0.15) is 4.98 Å². The fraction of sp³-hybridized carbons (Fsp3) is 0.207. The first-order valence-electron chi connectivity index (χ1n) is 12.5. The van der Waals surface area contributed by atoms with Crippen LogP contribution >= 0.6 is 35.0 Å². The lowest BCUT2D eigenvalue weighted by Crippen LogP contribution is -2.31. The number of thioether (sulfide) groups is 1. The zero-order valence-electron chi connectivity index (χ0n) is 21.4. The molecule has 1 unspecified atom stereocenters. The molecule has 1 amide bonds. The van der Waals surface area contributed by atoms with Gasteiger partial charge in [0.25, 0.3) is 5.91 Å². The van der Waals surface area contributed by atoms with Crippen molar-refractivity contribution in [2.45, 2.75) is 38.1 Å². The minimum atomic E-state index is -0.486. The van der Waals surface area contributed by atoms with E-state index in [9.17, 15) is 4.79 Å². The lowest BCUT2D eigenvalue weighted by Gasteiger charge is -2.28. The van der Waals surface area contributed by atoms with Gasteiger partial charge < -0.3 is 15.4 Å². The molecule has 1 aliphatic rings. The second-order valence-corrected chi connectivity index (χ2v) is 10.8. The van der Waals surface area contributed by atoms with Crippen molar-refractivity contribution in [2.75, 3.05) is 16.4 Å². The van der Waals surface area contributed by atoms with Crippen LogP contribution in [0.15, 0.2) is 89.2 Å². The van der Waals surface area contributed by atoms with Gasteiger partial charge in [-0.15, -0.1) is 5.10 Å². The van der Waals surface area contributed by atoms with Gasteiger partial charge >= 0.3 is 0 Å². The Morgan fingerprint density at radius 3 is 2.46 bits per heavy atom. The van der Waals surface area contributed by atoms with Crippen LogP contribution in [0.25, 0.3) is 0 Å². The molecule has 200 valence electrons. The number of hydrogen-bond donors (Lipinski definition) is 2. The quantitative estimate of drug-likeness (QED) is 0.199. The number of rotatable bonds is 9. The Balaban J connectivity index is 1.45. The van der Waals surface area contributed by atoms with Crippen molar-refractivity contribution in [3.63, 3.8) is 0 Å². The maximum absolute atomic E-state index is 13.6. The van der Waals surface area contributed by atoms with Crippen LogP contribution in [0.4, 0.5) is 11.6 Å². The molecule has 0 radical (unpaired) electrons. The number of hydrogen-bond acceptors (Lipinski definition) is 6. The normalized spacial score (nSPS) is 14.5. The summed E-state index contributed by atoms with van der Waals surface area (Å²) in [5.41, 5.74) is 3.59. The fourth-order valence-corrected chi connectivity index (χ4v) is 5.47. The zero-order chi connectivity index (χ0) is 27.4. The molecule has 10 heteroatoms. The van der Waals surface area contributed by atoms with Gasteiger partial charge in [0.05, 0.1) is 5.57 Å². The second-order valence-electron chi connectivity index (χ2n) is 8.96. The minimum absolute atomic E-state index is 0.214. The highest BCUT2D eigenvalue weighted by Crippen LogP contribution is 2.37. The smallest absolute Gasteiger partial charge is 0.255 e. The number of carbonyl (C=O) groups excluding carboxylic acids is 1. The number of carbonyl (C=O) groups is 1. The molecule has 0 bridgehead atoms. The van der Waals surface area contributed by atoms with E-state index < -0.39 is 6.04 Å². The third kappa shape index (κ3) is 6.08. The van der Waals surface area contributed by atoms with E-state index in [-0.39, 0.29) is 12.5 Å². The molecule has 0 saturated carbocycles. The van der Waals surface area contributed by atoms with Crippen LogP contribution in [-0.4, -0.2) is 26.4 Å². The largest absolute Gasteiger partial charge is 0.489 e. The minimum Gasteiger partial charge on any atom is -0.489 e. The first kappa shape index (κ1) is 27.1. The summed E-state index contributed by atoms with van der Waals surface area (Å²) in [5, 5.41) is 12.8. The molecule has 0 fully saturated rings. The van der Waals surface area contributed by atoms with Gasteiger partial charge in [0.2, 0.25) is 11.1 Å². The molecular formula is C29H27Cl2N5O2S. The Hall–Kier alpha value is -3.46. The summed E-state index contributed by atoms with van der Waals surface area (Å²) in [4.78, 5) is 18.3. The lowest BCUT2D eigenvalue weighted by atomic mass is 9.95.